The SMILES string of the molecule is O=C(O)C(O)c1cccc(F)c1CCCBr. The molecule has 1 atom stereocenters. The van der Waals surface area contributed by atoms with Crippen molar-refractivity contribution in [1.29, 1.82) is 0 Å². The van der Waals surface area contributed by atoms with E-state index in [4.69, 9.17) is 5.11 Å². The van der Waals surface area contributed by atoms with Crippen LogP contribution in [0.5, 0.6) is 0 Å². The van der Waals surface area contributed by atoms with Crippen LogP contribution in [0.4, 0.5) is 4.39 Å². The minimum absolute atomic E-state index is 0.133. The number of aliphatic carboxylic acids is 1. The average Bonchev–Trinajstić information content (AvgIpc) is 2.26. The second kappa shape index (κ2) is 5.96. The molecule has 1 aromatic rings. The van der Waals surface area contributed by atoms with Crippen molar-refractivity contribution in [1.82, 2.24) is 0 Å². The number of hydrogen-bond donors (Lipinski definition) is 2. The molecule has 0 aliphatic carbocycles. The number of carbonyl (C=O) groups is 1. The van der Waals surface area contributed by atoms with E-state index in [1.54, 1.807) is 0 Å². The van der Waals surface area contributed by atoms with Crippen LogP contribution in [0.2, 0.25) is 0 Å². The predicted octanol–water partition coefficient (Wildman–Crippen LogP) is 2.27. The van der Waals surface area contributed by atoms with Gasteiger partial charge in [0.1, 0.15) is 5.82 Å². The molecular weight excluding hydrogens is 279 g/mol. The lowest BCUT2D eigenvalue weighted by Gasteiger charge is -2.12. The van der Waals surface area contributed by atoms with E-state index < -0.39 is 17.9 Å². The molecule has 0 heterocycles. The molecule has 0 aliphatic heterocycles. The van der Waals surface area contributed by atoms with Crippen molar-refractivity contribution < 1.29 is 19.4 Å². The van der Waals surface area contributed by atoms with Crippen LogP contribution in [0.3, 0.4) is 0 Å². The third kappa shape index (κ3) is 3.02. The maximum absolute atomic E-state index is 13.5. The highest BCUT2D eigenvalue weighted by atomic mass is 79.9. The molecule has 0 fully saturated rings. The van der Waals surface area contributed by atoms with Crippen molar-refractivity contribution in [3.05, 3.63) is 35.1 Å². The molecule has 0 bridgehead atoms. The van der Waals surface area contributed by atoms with Crippen LogP contribution in [0.15, 0.2) is 18.2 Å². The summed E-state index contributed by atoms with van der Waals surface area (Å²) in [6.07, 6.45) is -0.584. The first-order chi connectivity index (χ1) is 7.57. The fourth-order valence-corrected chi connectivity index (χ4v) is 1.75. The molecule has 0 aromatic heterocycles. The first-order valence-corrected chi connectivity index (χ1v) is 5.94. The van der Waals surface area contributed by atoms with Crippen molar-refractivity contribution in [2.24, 2.45) is 0 Å². The van der Waals surface area contributed by atoms with Gasteiger partial charge < -0.3 is 10.2 Å². The first-order valence-electron chi connectivity index (χ1n) is 4.82. The minimum atomic E-state index is -1.67. The van der Waals surface area contributed by atoms with Crippen LogP contribution in [-0.4, -0.2) is 21.5 Å². The summed E-state index contributed by atoms with van der Waals surface area (Å²) in [5, 5.41) is 18.8. The van der Waals surface area contributed by atoms with E-state index >= 15 is 0 Å². The highest BCUT2D eigenvalue weighted by molar-refractivity contribution is 9.09. The van der Waals surface area contributed by atoms with Crippen LogP contribution in [-0.2, 0) is 11.2 Å². The second-order valence-corrected chi connectivity index (χ2v) is 4.13. The number of carboxylic acid groups (broad SMARTS) is 1. The van der Waals surface area contributed by atoms with Gasteiger partial charge in [0.05, 0.1) is 0 Å². The van der Waals surface area contributed by atoms with E-state index in [0.29, 0.717) is 18.2 Å². The Morgan fingerprint density at radius 1 is 1.50 bits per heavy atom. The Bertz CT molecular complexity index is 381. The summed E-state index contributed by atoms with van der Waals surface area (Å²) in [4.78, 5) is 10.7. The molecule has 0 amide bonds. The van der Waals surface area contributed by atoms with Crippen LogP contribution in [0.1, 0.15) is 23.7 Å². The Morgan fingerprint density at radius 3 is 2.75 bits per heavy atom. The molecule has 0 spiro atoms. The smallest absolute Gasteiger partial charge is 0.337 e. The fraction of sp³-hybridized carbons (Fsp3) is 0.364. The maximum Gasteiger partial charge on any atom is 0.337 e. The van der Waals surface area contributed by atoms with Gasteiger partial charge in [-0.3, -0.25) is 0 Å². The Labute approximate surface area is 101 Å². The molecule has 88 valence electrons. The lowest BCUT2D eigenvalue weighted by molar-refractivity contribution is -0.147. The number of alkyl halides is 1. The van der Waals surface area contributed by atoms with Crippen molar-refractivity contribution in [3.63, 3.8) is 0 Å². The van der Waals surface area contributed by atoms with E-state index in [-0.39, 0.29) is 11.1 Å². The van der Waals surface area contributed by atoms with E-state index in [9.17, 15) is 14.3 Å². The van der Waals surface area contributed by atoms with Gasteiger partial charge in [-0.05, 0) is 30.0 Å². The topological polar surface area (TPSA) is 57.5 Å². The van der Waals surface area contributed by atoms with Gasteiger partial charge in [-0.15, -0.1) is 0 Å². The van der Waals surface area contributed by atoms with E-state index in [2.05, 4.69) is 15.9 Å². The quantitative estimate of drug-likeness (QED) is 0.818. The molecule has 16 heavy (non-hydrogen) atoms. The molecule has 1 rings (SSSR count). The van der Waals surface area contributed by atoms with Crippen LogP contribution < -0.4 is 0 Å². The Hall–Kier alpha value is -0.940. The summed E-state index contributed by atoms with van der Waals surface area (Å²) in [7, 11) is 0. The fourth-order valence-electron chi connectivity index (χ4n) is 1.47. The molecule has 1 aromatic carbocycles. The van der Waals surface area contributed by atoms with Gasteiger partial charge in [0.15, 0.2) is 6.10 Å². The van der Waals surface area contributed by atoms with Gasteiger partial charge in [0.25, 0.3) is 0 Å². The van der Waals surface area contributed by atoms with Crippen LogP contribution >= 0.6 is 15.9 Å². The molecule has 3 nitrogen and oxygen atoms in total. The average molecular weight is 291 g/mol. The maximum atomic E-state index is 13.5. The van der Waals surface area contributed by atoms with Gasteiger partial charge in [-0.2, -0.15) is 0 Å². The third-order valence-electron chi connectivity index (χ3n) is 2.24. The number of carboxylic acids is 1. The van der Waals surface area contributed by atoms with Gasteiger partial charge in [-0.1, -0.05) is 28.1 Å². The molecule has 0 aliphatic rings. The summed E-state index contributed by atoms with van der Waals surface area (Å²) >= 11 is 3.22. The highest BCUT2D eigenvalue weighted by Gasteiger charge is 2.20. The van der Waals surface area contributed by atoms with E-state index in [1.165, 1.54) is 18.2 Å². The Kier molecular flexibility index (Phi) is 4.89. The molecule has 1 unspecified atom stereocenters. The first kappa shape index (κ1) is 13.1. The number of benzene rings is 1. The third-order valence-corrected chi connectivity index (χ3v) is 2.80. The number of hydrogen-bond acceptors (Lipinski definition) is 2. The molecule has 0 saturated heterocycles. The lowest BCUT2D eigenvalue weighted by atomic mass is 9.98. The normalized spacial score (nSPS) is 12.4. The largest absolute Gasteiger partial charge is 0.479 e. The highest BCUT2D eigenvalue weighted by Crippen LogP contribution is 2.22. The van der Waals surface area contributed by atoms with Gasteiger partial charge in [0, 0.05) is 5.33 Å². The molecular formula is C11H12BrFO3. The molecule has 5 heteroatoms. The zero-order valence-corrected chi connectivity index (χ0v) is 10.1. The lowest BCUT2D eigenvalue weighted by Crippen LogP contribution is -2.13. The zero-order chi connectivity index (χ0) is 12.1. The summed E-state index contributed by atoms with van der Waals surface area (Å²) < 4.78 is 13.5. The predicted molar refractivity (Wildman–Crippen MR) is 61.1 cm³/mol. The summed E-state index contributed by atoms with van der Waals surface area (Å²) in [6.45, 7) is 0. The van der Waals surface area contributed by atoms with Gasteiger partial charge >= 0.3 is 5.97 Å². The summed E-state index contributed by atoms with van der Waals surface area (Å²) in [5.74, 6) is -1.84. The van der Waals surface area contributed by atoms with E-state index in [0.717, 1.165) is 0 Å². The number of aliphatic hydroxyl groups is 1. The van der Waals surface area contributed by atoms with Crippen molar-refractivity contribution in [2.75, 3.05) is 5.33 Å². The minimum Gasteiger partial charge on any atom is -0.479 e. The monoisotopic (exact) mass is 290 g/mol. The second-order valence-electron chi connectivity index (χ2n) is 3.34. The van der Waals surface area contributed by atoms with Crippen molar-refractivity contribution in [2.45, 2.75) is 18.9 Å². The summed E-state index contributed by atoms with van der Waals surface area (Å²) in [5.41, 5.74) is 0.408. The molecule has 0 radical (unpaired) electrons. The number of aliphatic hydroxyl groups excluding tert-OH is 1. The van der Waals surface area contributed by atoms with Crippen molar-refractivity contribution in [3.8, 4) is 0 Å². The molecule has 2 N–H and O–H groups in total. The van der Waals surface area contributed by atoms with Crippen LogP contribution in [0, 0.1) is 5.82 Å². The molecule has 0 saturated carbocycles. The number of rotatable bonds is 5. The zero-order valence-electron chi connectivity index (χ0n) is 8.49. The van der Waals surface area contributed by atoms with E-state index in [1.807, 2.05) is 0 Å². The Balaban J connectivity index is 3.06. The number of halogens is 2. The van der Waals surface area contributed by atoms with Crippen molar-refractivity contribution >= 4 is 21.9 Å². The summed E-state index contributed by atoms with van der Waals surface area (Å²) in [6, 6.07) is 4.10. The van der Waals surface area contributed by atoms with Crippen LogP contribution in [0.25, 0.3) is 0 Å². The van der Waals surface area contributed by atoms with Gasteiger partial charge in [0.2, 0.25) is 0 Å². The van der Waals surface area contributed by atoms with Gasteiger partial charge in [-0.25, -0.2) is 9.18 Å². The Morgan fingerprint density at radius 2 is 2.19 bits per heavy atom. The standard InChI is InChI=1S/C11H12BrFO3/c12-6-2-4-7-8(10(14)11(15)16)3-1-5-9(7)13/h1,3,5,10,14H,2,4,6H2,(H,15,16).